The van der Waals surface area contributed by atoms with Crippen LogP contribution in [0.2, 0.25) is 0 Å². The van der Waals surface area contributed by atoms with Crippen LogP contribution < -0.4 is 23.2 Å². The number of nitrogens with zero attached hydrogens (tertiary/aromatic N) is 1. The van der Waals surface area contributed by atoms with Gasteiger partial charge in [0.05, 0.1) is 43.9 Å². The predicted molar refractivity (Wildman–Crippen MR) is 118 cm³/mol. The lowest BCUT2D eigenvalue weighted by molar-refractivity contribution is -0.123. The highest BCUT2D eigenvalue weighted by Gasteiger charge is 2.50. The summed E-state index contributed by atoms with van der Waals surface area (Å²) >= 11 is 0. The van der Waals surface area contributed by atoms with E-state index in [-0.39, 0.29) is 33.5 Å². The predicted octanol–water partition coefficient (Wildman–Crippen LogP) is 2.22. The molecule has 0 radical (unpaired) electrons. The van der Waals surface area contributed by atoms with E-state index < -0.39 is 31.4 Å². The SMILES string of the molecule is COc1ccc(OC)c(NS(=O)(=O)c2cc(N3C(=O)C(C)(C)CS3(=O)=O)ccc2OC)c1. The van der Waals surface area contributed by atoms with Gasteiger partial charge in [-0.25, -0.2) is 21.1 Å². The van der Waals surface area contributed by atoms with E-state index in [1.54, 1.807) is 6.07 Å². The minimum absolute atomic E-state index is 0.0357. The number of hydrogen-bond donors (Lipinski definition) is 1. The van der Waals surface area contributed by atoms with Crippen LogP contribution in [0.3, 0.4) is 0 Å². The lowest BCUT2D eigenvalue weighted by Gasteiger charge is -2.20. The van der Waals surface area contributed by atoms with Crippen molar-refractivity contribution in [3.05, 3.63) is 36.4 Å². The molecule has 0 spiro atoms. The van der Waals surface area contributed by atoms with Gasteiger partial charge in [0.25, 0.3) is 10.0 Å². The van der Waals surface area contributed by atoms with Crippen LogP contribution in [0.5, 0.6) is 17.2 Å². The van der Waals surface area contributed by atoms with Crippen molar-refractivity contribution < 1.29 is 35.8 Å². The molecule has 1 N–H and O–H groups in total. The smallest absolute Gasteiger partial charge is 0.265 e. The molecule has 1 saturated heterocycles. The molecule has 12 heteroatoms. The van der Waals surface area contributed by atoms with Crippen molar-refractivity contribution in [2.75, 3.05) is 36.1 Å². The first-order valence-corrected chi connectivity index (χ1v) is 12.5. The molecule has 3 rings (SSSR count). The maximum absolute atomic E-state index is 13.2. The number of carbonyl (C=O) groups is 1. The summed E-state index contributed by atoms with van der Waals surface area (Å²) in [6.07, 6.45) is 0. The summed E-state index contributed by atoms with van der Waals surface area (Å²) in [5, 5.41) is 0. The Bertz CT molecular complexity index is 1270. The highest BCUT2D eigenvalue weighted by Crippen LogP contribution is 2.39. The fraction of sp³-hybridized carbons (Fsp3) is 0.350. The average Bonchev–Trinajstić information content (AvgIpc) is 2.89. The molecule has 0 aromatic heterocycles. The van der Waals surface area contributed by atoms with Gasteiger partial charge in [-0.1, -0.05) is 0 Å². The summed E-state index contributed by atoms with van der Waals surface area (Å²) < 4.78 is 70.3. The van der Waals surface area contributed by atoms with E-state index in [0.29, 0.717) is 10.1 Å². The zero-order valence-corrected chi connectivity index (χ0v) is 19.8. The van der Waals surface area contributed by atoms with Crippen LogP contribution in [-0.2, 0) is 24.8 Å². The molecule has 10 nitrogen and oxygen atoms in total. The van der Waals surface area contributed by atoms with Gasteiger partial charge in [0.1, 0.15) is 22.1 Å². The Balaban J connectivity index is 2.11. The van der Waals surface area contributed by atoms with Gasteiger partial charge in [-0.15, -0.1) is 0 Å². The van der Waals surface area contributed by atoms with Gasteiger partial charge in [0.15, 0.2) is 0 Å². The Labute approximate surface area is 187 Å². The summed E-state index contributed by atoms with van der Waals surface area (Å²) in [6, 6.07) is 8.27. The van der Waals surface area contributed by atoms with Crippen LogP contribution in [0.4, 0.5) is 11.4 Å². The standard InChI is InChI=1S/C20H24N2O8S2/c1-20(2)12-31(24,25)22(19(20)23)13-6-8-17(30-5)18(10-13)32(26,27)21-15-11-14(28-3)7-9-16(15)29-4/h6-11,21H,12H2,1-5H3. The maximum atomic E-state index is 13.2. The summed E-state index contributed by atoms with van der Waals surface area (Å²) in [4.78, 5) is 12.4. The Hall–Kier alpha value is -2.99. The van der Waals surface area contributed by atoms with Crippen molar-refractivity contribution in [1.82, 2.24) is 0 Å². The van der Waals surface area contributed by atoms with Gasteiger partial charge in [-0.3, -0.25) is 9.52 Å². The number of anilines is 2. The highest BCUT2D eigenvalue weighted by molar-refractivity contribution is 7.94. The number of ether oxygens (including phenoxy) is 3. The van der Waals surface area contributed by atoms with Crippen molar-refractivity contribution in [1.29, 1.82) is 0 Å². The first-order chi connectivity index (χ1) is 14.9. The molecule has 174 valence electrons. The van der Waals surface area contributed by atoms with E-state index in [4.69, 9.17) is 14.2 Å². The van der Waals surface area contributed by atoms with E-state index in [9.17, 15) is 21.6 Å². The molecule has 1 aliphatic rings. The fourth-order valence-corrected chi connectivity index (χ4v) is 6.71. The van der Waals surface area contributed by atoms with E-state index in [2.05, 4.69) is 4.72 Å². The van der Waals surface area contributed by atoms with Crippen molar-refractivity contribution in [3.63, 3.8) is 0 Å². The second-order valence-electron chi connectivity index (χ2n) is 7.72. The van der Waals surface area contributed by atoms with Crippen LogP contribution in [0.1, 0.15) is 13.8 Å². The second kappa shape index (κ2) is 8.17. The third-order valence-electron chi connectivity index (χ3n) is 4.91. The van der Waals surface area contributed by atoms with E-state index in [1.165, 1.54) is 59.4 Å². The molecule has 0 aliphatic carbocycles. The number of benzene rings is 2. The van der Waals surface area contributed by atoms with Gasteiger partial charge >= 0.3 is 0 Å². The number of carbonyl (C=O) groups excluding carboxylic acids is 1. The monoisotopic (exact) mass is 484 g/mol. The molecule has 0 atom stereocenters. The highest BCUT2D eigenvalue weighted by atomic mass is 32.2. The van der Waals surface area contributed by atoms with Gasteiger partial charge in [-0.05, 0) is 44.2 Å². The van der Waals surface area contributed by atoms with Crippen LogP contribution in [0.15, 0.2) is 41.3 Å². The third-order valence-corrected chi connectivity index (χ3v) is 8.31. The first-order valence-electron chi connectivity index (χ1n) is 9.36. The molecule has 1 amide bonds. The number of nitrogens with one attached hydrogen (secondary N) is 1. The number of rotatable bonds is 7. The third kappa shape index (κ3) is 4.19. The summed E-state index contributed by atoms with van der Waals surface area (Å²) in [5.74, 6) is -0.435. The molecular weight excluding hydrogens is 460 g/mol. The maximum Gasteiger partial charge on any atom is 0.265 e. The Kier molecular flexibility index (Phi) is 6.04. The fourth-order valence-electron chi connectivity index (χ4n) is 3.36. The van der Waals surface area contributed by atoms with Gasteiger partial charge in [-0.2, -0.15) is 0 Å². The van der Waals surface area contributed by atoms with Crippen molar-refractivity contribution in [2.24, 2.45) is 5.41 Å². The van der Waals surface area contributed by atoms with Crippen molar-refractivity contribution in [3.8, 4) is 17.2 Å². The molecule has 1 aliphatic heterocycles. The second-order valence-corrected chi connectivity index (χ2v) is 11.2. The van der Waals surface area contributed by atoms with Crippen molar-refractivity contribution >= 4 is 37.3 Å². The minimum atomic E-state index is -4.29. The van der Waals surface area contributed by atoms with E-state index >= 15 is 0 Å². The Morgan fingerprint density at radius 3 is 2.12 bits per heavy atom. The van der Waals surface area contributed by atoms with E-state index in [1.807, 2.05) is 0 Å². The Morgan fingerprint density at radius 1 is 0.969 bits per heavy atom. The van der Waals surface area contributed by atoms with Crippen LogP contribution in [-0.4, -0.2) is 49.8 Å². The largest absolute Gasteiger partial charge is 0.497 e. The molecule has 1 heterocycles. The van der Waals surface area contributed by atoms with Crippen molar-refractivity contribution in [2.45, 2.75) is 18.7 Å². The molecule has 32 heavy (non-hydrogen) atoms. The first kappa shape index (κ1) is 23.7. The molecule has 2 aromatic carbocycles. The van der Waals surface area contributed by atoms with Crippen LogP contribution in [0.25, 0.3) is 0 Å². The zero-order chi connectivity index (χ0) is 23.9. The van der Waals surface area contributed by atoms with Crippen LogP contribution in [0, 0.1) is 5.41 Å². The minimum Gasteiger partial charge on any atom is -0.497 e. The molecular formula is C20H24N2O8S2. The normalized spacial score (nSPS) is 17.2. The number of sulfonamides is 2. The lowest BCUT2D eigenvalue weighted by atomic mass is 9.95. The molecule has 1 fully saturated rings. The van der Waals surface area contributed by atoms with Gasteiger partial charge in [0, 0.05) is 6.07 Å². The van der Waals surface area contributed by atoms with Gasteiger partial charge < -0.3 is 14.2 Å². The molecule has 0 saturated carbocycles. The molecule has 2 aromatic rings. The molecule has 0 bridgehead atoms. The number of hydrogen-bond acceptors (Lipinski definition) is 8. The molecule has 0 unspecified atom stereocenters. The number of amides is 1. The topological polar surface area (TPSA) is 128 Å². The summed E-state index contributed by atoms with van der Waals surface area (Å²) in [7, 11) is -4.17. The summed E-state index contributed by atoms with van der Waals surface area (Å²) in [5.41, 5.74) is -1.13. The quantitative estimate of drug-likeness (QED) is 0.634. The van der Waals surface area contributed by atoms with Gasteiger partial charge in [0.2, 0.25) is 15.9 Å². The lowest BCUT2D eigenvalue weighted by Crippen LogP contribution is -2.33. The average molecular weight is 485 g/mol. The Morgan fingerprint density at radius 2 is 1.59 bits per heavy atom. The van der Waals surface area contributed by atoms with Crippen LogP contribution >= 0.6 is 0 Å². The number of methoxy groups -OCH3 is 3. The van der Waals surface area contributed by atoms with E-state index in [0.717, 1.165) is 6.07 Å². The summed E-state index contributed by atoms with van der Waals surface area (Å²) in [6.45, 7) is 3.04. The zero-order valence-electron chi connectivity index (χ0n) is 18.2.